The number of amides is 1. The molecule has 0 spiro atoms. The van der Waals surface area contributed by atoms with Gasteiger partial charge in [-0.1, -0.05) is 47.5 Å². The third-order valence-electron chi connectivity index (χ3n) is 2.86. The largest absolute Gasteiger partial charge is 0.471 e. The molecule has 2 aromatic carbocycles. The van der Waals surface area contributed by atoms with Crippen LogP contribution in [0.1, 0.15) is 5.56 Å². The lowest BCUT2D eigenvalue weighted by Gasteiger charge is -2.14. The first kappa shape index (κ1) is 15.4. The van der Waals surface area contributed by atoms with Crippen molar-refractivity contribution >= 4 is 23.2 Å². The summed E-state index contributed by atoms with van der Waals surface area (Å²) in [6.07, 6.45) is -4.95. The minimum atomic E-state index is -4.95. The number of alkyl halides is 3. The van der Waals surface area contributed by atoms with Crippen molar-refractivity contribution in [3.05, 3.63) is 53.1 Å². The summed E-state index contributed by atoms with van der Waals surface area (Å²) >= 11 is 6.07. The maximum atomic E-state index is 12.4. The zero-order valence-electron chi connectivity index (χ0n) is 11.0. The fourth-order valence-corrected chi connectivity index (χ4v) is 2.12. The lowest BCUT2D eigenvalue weighted by molar-refractivity contribution is -0.167. The highest BCUT2D eigenvalue weighted by atomic mass is 35.5. The molecular formula is C15H11ClF3NO. The van der Waals surface area contributed by atoms with Crippen molar-refractivity contribution in [2.75, 3.05) is 5.32 Å². The summed E-state index contributed by atoms with van der Waals surface area (Å²) in [6, 6.07) is 11.5. The predicted octanol–water partition coefficient (Wildman–Crippen LogP) is 4.82. The number of hydrogen-bond donors (Lipinski definition) is 1. The highest BCUT2D eigenvalue weighted by Gasteiger charge is 2.39. The second kappa shape index (κ2) is 5.77. The Labute approximate surface area is 124 Å². The Morgan fingerprint density at radius 1 is 1.10 bits per heavy atom. The molecular weight excluding hydrogens is 303 g/mol. The van der Waals surface area contributed by atoms with E-state index in [2.05, 4.69) is 0 Å². The number of hydrogen-bond acceptors (Lipinski definition) is 1. The molecule has 21 heavy (non-hydrogen) atoms. The van der Waals surface area contributed by atoms with Gasteiger partial charge in [0.15, 0.2) is 0 Å². The van der Waals surface area contributed by atoms with Gasteiger partial charge in [0.2, 0.25) is 0 Å². The molecule has 0 aliphatic carbocycles. The van der Waals surface area contributed by atoms with Crippen molar-refractivity contribution in [1.82, 2.24) is 0 Å². The van der Waals surface area contributed by atoms with Gasteiger partial charge in [0.05, 0.1) is 10.7 Å². The third kappa shape index (κ3) is 3.55. The molecule has 0 aliphatic heterocycles. The second-order valence-electron chi connectivity index (χ2n) is 4.48. The molecule has 0 heterocycles. The highest BCUT2D eigenvalue weighted by molar-refractivity contribution is 6.34. The zero-order valence-corrected chi connectivity index (χ0v) is 11.7. The predicted molar refractivity (Wildman–Crippen MR) is 76.3 cm³/mol. The van der Waals surface area contributed by atoms with Crippen LogP contribution in [-0.2, 0) is 4.79 Å². The Hall–Kier alpha value is -2.01. The number of carbonyl (C=O) groups is 1. The van der Waals surface area contributed by atoms with Gasteiger partial charge in [-0.15, -0.1) is 0 Å². The molecule has 2 nitrogen and oxygen atoms in total. The molecule has 2 rings (SSSR count). The standard InChI is InChI=1S/C15H11ClF3NO/c1-9-5-7-10(8-6-9)13-11(16)3-2-4-12(13)20-14(21)15(17,18)19/h2-8H,1H3,(H,20,21). The first-order valence-electron chi connectivity index (χ1n) is 6.03. The van der Waals surface area contributed by atoms with Gasteiger partial charge in [0.1, 0.15) is 0 Å². The SMILES string of the molecule is Cc1ccc(-c2c(Cl)cccc2NC(=O)C(F)(F)F)cc1. The smallest absolute Gasteiger partial charge is 0.318 e. The van der Waals surface area contributed by atoms with E-state index in [4.69, 9.17) is 11.6 Å². The van der Waals surface area contributed by atoms with Crippen LogP contribution in [0.2, 0.25) is 5.02 Å². The quantitative estimate of drug-likeness (QED) is 0.846. The summed E-state index contributed by atoms with van der Waals surface area (Å²) in [6.45, 7) is 1.89. The number of aryl methyl sites for hydroxylation is 1. The lowest BCUT2D eigenvalue weighted by atomic mass is 10.0. The molecule has 1 N–H and O–H groups in total. The molecule has 0 bridgehead atoms. The Kier molecular flexibility index (Phi) is 4.23. The van der Waals surface area contributed by atoms with Crippen LogP contribution >= 0.6 is 11.6 Å². The zero-order chi connectivity index (χ0) is 15.6. The van der Waals surface area contributed by atoms with Gasteiger partial charge >= 0.3 is 12.1 Å². The summed E-state index contributed by atoms with van der Waals surface area (Å²) in [4.78, 5) is 11.1. The maximum absolute atomic E-state index is 12.4. The molecule has 1 amide bonds. The highest BCUT2D eigenvalue weighted by Crippen LogP contribution is 2.35. The molecule has 0 radical (unpaired) electrons. The fraction of sp³-hybridized carbons (Fsp3) is 0.133. The van der Waals surface area contributed by atoms with Crippen LogP contribution in [0.25, 0.3) is 11.1 Å². The van der Waals surface area contributed by atoms with E-state index in [0.717, 1.165) is 5.56 Å². The topological polar surface area (TPSA) is 29.1 Å². The third-order valence-corrected chi connectivity index (χ3v) is 3.17. The van der Waals surface area contributed by atoms with E-state index in [1.807, 2.05) is 24.4 Å². The van der Waals surface area contributed by atoms with Crippen molar-refractivity contribution in [2.45, 2.75) is 13.1 Å². The molecule has 6 heteroatoms. The van der Waals surface area contributed by atoms with Crippen LogP contribution in [0, 0.1) is 6.92 Å². The number of halogens is 4. The van der Waals surface area contributed by atoms with Crippen LogP contribution in [0.15, 0.2) is 42.5 Å². The Bertz CT molecular complexity index is 666. The van der Waals surface area contributed by atoms with E-state index in [1.54, 1.807) is 18.2 Å². The lowest BCUT2D eigenvalue weighted by Crippen LogP contribution is -2.30. The van der Waals surface area contributed by atoms with Gasteiger partial charge in [-0.25, -0.2) is 0 Å². The summed E-state index contributed by atoms with van der Waals surface area (Å²) in [5.41, 5.74) is 2.01. The van der Waals surface area contributed by atoms with Crippen molar-refractivity contribution in [1.29, 1.82) is 0 Å². The van der Waals surface area contributed by atoms with Crippen LogP contribution in [0.4, 0.5) is 18.9 Å². The molecule has 0 saturated carbocycles. The number of carbonyl (C=O) groups excluding carboxylic acids is 1. The summed E-state index contributed by atoms with van der Waals surface area (Å²) < 4.78 is 37.1. The van der Waals surface area contributed by atoms with Crippen molar-refractivity contribution in [3.63, 3.8) is 0 Å². The van der Waals surface area contributed by atoms with Crippen LogP contribution in [-0.4, -0.2) is 12.1 Å². The molecule has 110 valence electrons. The monoisotopic (exact) mass is 313 g/mol. The van der Waals surface area contributed by atoms with Crippen molar-refractivity contribution < 1.29 is 18.0 Å². The summed E-state index contributed by atoms with van der Waals surface area (Å²) in [5, 5.41) is 2.12. The van der Waals surface area contributed by atoms with Gasteiger partial charge in [-0.2, -0.15) is 13.2 Å². The van der Waals surface area contributed by atoms with Crippen molar-refractivity contribution in [3.8, 4) is 11.1 Å². The molecule has 2 aromatic rings. The number of nitrogens with one attached hydrogen (secondary N) is 1. The molecule has 0 unspecified atom stereocenters. The van der Waals surface area contributed by atoms with E-state index >= 15 is 0 Å². The molecule has 0 aliphatic rings. The van der Waals surface area contributed by atoms with Crippen LogP contribution in [0.3, 0.4) is 0 Å². The van der Waals surface area contributed by atoms with E-state index in [0.29, 0.717) is 11.1 Å². The molecule has 0 atom stereocenters. The van der Waals surface area contributed by atoms with E-state index in [-0.39, 0.29) is 10.7 Å². The molecule has 0 saturated heterocycles. The summed E-state index contributed by atoms with van der Waals surface area (Å²) in [5.74, 6) is -2.03. The Morgan fingerprint density at radius 3 is 2.29 bits per heavy atom. The van der Waals surface area contributed by atoms with Gasteiger partial charge in [0.25, 0.3) is 0 Å². The molecule has 0 fully saturated rings. The van der Waals surface area contributed by atoms with E-state index in [9.17, 15) is 18.0 Å². The average molecular weight is 314 g/mol. The minimum absolute atomic E-state index is 0.0219. The Morgan fingerprint density at radius 2 is 1.71 bits per heavy atom. The van der Waals surface area contributed by atoms with Gasteiger partial charge in [0, 0.05) is 5.56 Å². The fourth-order valence-electron chi connectivity index (χ4n) is 1.84. The maximum Gasteiger partial charge on any atom is 0.471 e. The van der Waals surface area contributed by atoms with Gasteiger partial charge in [-0.3, -0.25) is 4.79 Å². The minimum Gasteiger partial charge on any atom is -0.318 e. The normalized spacial score (nSPS) is 11.3. The van der Waals surface area contributed by atoms with Crippen LogP contribution in [0.5, 0.6) is 0 Å². The first-order chi connectivity index (χ1) is 9.79. The first-order valence-corrected chi connectivity index (χ1v) is 6.40. The van der Waals surface area contributed by atoms with Gasteiger partial charge < -0.3 is 5.32 Å². The number of rotatable bonds is 2. The summed E-state index contributed by atoms with van der Waals surface area (Å²) in [7, 11) is 0. The molecule has 0 aromatic heterocycles. The van der Waals surface area contributed by atoms with E-state index in [1.165, 1.54) is 12.1 Å². The number of benzene rings is 2. The Balaban J connectivity index is 2.46. The van der Waals surface area contributed by atoms with Crippen molar-refractivity contribution in [2.24, 2.45) is 0 Å². The van der Waals surface area contributed by atoms with E-state index < -0.39 is 12.1 Å². The van der Waals surface area contributed by atoms with Gasteiger partial charge in [-0.05, 0) is 24.6 Å². The number of anilines is 1. The second-order valence-corrected chi connectivity index (χ2v) is 4.89. The van der Waals surface area contributed by atoms with Crippen LogP contribution < -0.4 is 5.32 Å². The average Bonchev–Trinajstić information content (AvgIpc) is 2.39.